The second kappa shape index (κ2) is 8.92. The van der Waals surface area contributed by atoms with Crippen molar-refractivity contribution in [2.24, 2.45) is 0 Å². The summed E-state index contributed by atoms with van der Waals surface area (Å²) in [6, 6.07) is 15.6. The Morgan fingerprint density at radius 3 is 2.34 bits per heavy atom. The summed E-state index contributed by atoms with van der Waals surface area (Å²) in [6.45, 7) is 1.91. The summed E-state index contributed by atoms with van der Waals surface area (Å²) in [5, 5.41) is 9.31. The van der Waals surface area contributed by atoms with E-state index in [9.17, 15) is 18.8 Å². The Morgan fingerprint density at radius 1 is 0.966 bits per heavy atom. The smallest absolute Gasteiger partial charge is 0.271 e. The van der Waals surface area contributed by atoms with Crippen LogP contribution in [0.2, 0.25) is 0 Å². The van der Waals surface area contributed by atoms with Gasteiger partial charge in [0.2, 0.25) is 0 Å². The van der Waals surface area contributed by atoms with Crippen LogP contribution in [0.15, 0.2) is 65.5 Å². The van der Waals surface area contributed by atoms with Crippen molar-refractivity contribution in [1.82, 2.24) is 20.4 Å². The highest BCUT2D eigenvalue weighted by Gasteiger charge is 2.11. The quantitative estimate of drug-likeness (QED) is 0.624. The van der Waals surface area contributed by atoms with Crippen LogP contribution in [0, 0.1) is 12.7 Å². The second-order valence-electron chi connectivity index (χ2n) is 6.28. The first-order valence-corrected chi connectivity index (χ1v) is 8.94. The predicted octanol–water partition coefficient (Wildman–Crippen LogP) is 1.84. The van der Waals surface area contributed by atoms with Gasteiger partial charge in [-0.25, -0.2) is 4.39 Å². The zero-order chi connectivity index (χ0) is 20.8. The van der Waals surface area contributed by atoms with Crippen LogP contribution >= 0.6 is 0 Å². The van der Waals surface area contributed by atoms with E-state index in [0.717, 1.165) is 4.68 Å². The van der Waals surface area contributed by atoms with Gasteiger partial charge in [-0.3, -0.25) is 14.4 Å². The van der Waals surface area contributed by atoms with Crippen molar-refractivity contribution in [3.05, 3.63) is 93.7 Å². The number of halogens is 1. The fourth-order valence-electron chi connectivity index (χ4n) is 2.57. The first kappa shape index (κ1) is 19.9. The maximum Gasteiger partial charge on any atom is 0.271 e. The number of carbonyl (C=O) groups is 2. The summed E-state index contributed by atoms with van der Waals surface area (Å²) in [5.74, 6) is -1.37. The molecule has 0 fully saturated rings. The summed E-state index contributed by atoms with van der Waals surface area (Å²) in [4.78, 5) is 36.3. The fraction of sp³-hybridized carbons (Fsp3) is 0.143. The molecule has 2 N–H and O–H groups in total. The molecule has 0 spiro atoms. The minimum Gasteiger partial charge on any atom is -0.350 e. The van der Waals surface area contributed by atoms with Crippen molar-refractivity contribution in [3.63, 3.8) is 0 Å². The molecule has 0 bridgehead atoms. The number of amides is 2. The van der Waals surface area contributed by atoms with Crippen molar-refractivity contribution in [1.29, 1.82) is 0 Å². The number of aromatic nitrogens is 2. The minimum absolute atomic E-state index is 0.0698. The number of para-hydroxylation sites is 1. The lowest BCUT2D eigenvalue weighted by molar-refractivity contribution is 0.0924. The molecule has 2 aromatic carbocycles. The van der Waals surface area contributed by atoms with E-state index in [-0.39, 0.29) is 29.9 Å². The largest absolute Gasteiger partial charge is 0.350 e. The van der Waals surface area contributed by atoms with Crippen LogP contribution in [0.25, 0.3) is 5.69 Å². The summed E-state index contributed by atoms with van der Waals surface area (Å²) < 4.78 is 14.7. The van der Waals surface area contributed by atoms with E-state index in [0.29, 0.717) is 11.3 Å². The van der Waals surface area contributed by atoms with E-state index in [1.165, 1.54) is 30.3 Å². The third-order valence-electron chi connectivity index (χ3n) is 4.16. The lowest BCUT2D eigenvalue weighted by Crippen LogP contribution is -2.36. The number of carbonyl (C=O) groups excluding carboxylic acids is 2. The molecule has 0 saturated carbocycles. The van der Waals surface area contributed by atoms with Gasteiger partial charge < -0.3 is 10.6 Å². The predicted molar refractivity (Wildman–Crippen MR) is 106 cm³/mol. The van der Waals surface area contributed by atoms with Gasteiger partial charge in [0.05, 0.1) is 5.69 Å². The van der Waals surface area contributed by atoms with Crippen LogP contribution in [0.5, 0.6) is 0 Å². The average molecular weight is 394 g/mol. The lowest BCUT2D eigenvalue weighted by atomic mass is 10.1. The van der Waals surface area contributed by atoms with E-state index in [1.807, 2.05) is 6.07 Å². The van der Waals surface area contributed by atoms with E-state index in [2.05, 4.69) is 15.7 Å². The molecular formula is C21H19FN4O3. The van der Waals surface area contributed by atoms with Gasteiger partial charge in [-0.05, 0) is 42.8 Å². The Balaban J connectivity index is 1.56. The van der Waals surface area contributed by atoms with E-state index in [4.69, 9.17) is 0 Å². The zero-order valence-electron chi connectivity index (χ0n) is 15.7. The van der Waals surface area contributed by atoms with Gasteiger partial charge in [0.1, 0.15) is 11.5 Å². The van der Waals surface area contributed by atoms with Crippen LogP contribution in [0.1, 0.15) is 26.4 Å². The maximum atomic E-state index is 13.5. The van der Waals surface area contributed by atoms with E-state index < -0.39 is 17.6 Å². The van der Waals surface area contributed by atoms with Gasteiger partial charge in [0.15, 0.2) is 0 Å². The van der Waals surface area contributed by atoms with Crippen molar-refractivity contribution < 1.29 is 14.0 Å². The normalized spacial score (nSPS) is 10.4. The number of benzene rings is 2. The number of nitrogens with one attached hydrogen (secondary N) is 2. The Kier molecular flexibility index (Phi) is 6.13. The lowest BCUT2D eigenvalue weighted by Gasteiger charge is -2.09. The fourth-order valence-corrected chi connectivity index (χ4v) is 2.57. The monoisotopic (exact) mass is 394 g/mol. The molecule has 8 heteroatoms. The van der Waals surface area contributed by atoms with Gasteiger partial charge in [0.25, 0.3) is 17.4 Å². The second-order valence-corrected chi connectivity index (χ2v) is 6.28. The average Bonchev–Trinajstić information content (AvgIpc) is 2.73. The van der Waals surface area contributed by atoms with Crippen LogP contribution < -0.4 is 16.2 Å². The summed E-state index contributed by atoms with van der Waals surface area (Å²) in [6.07, 6.45) is 0. The highest BCUT2D eigenvalue weighted by Crippen LogP contribution is 2.08. The molecule has 1 heterocycles. The first-order valence-electron chi connectivity index (χ1n) is 8.94. The molecule has 0 radical (unpaired) electrons. The molecule has 3 aromatic rings. The van der Waals surface area contributed by atoms with Crippen molar-refractivity contribution in [3.8, 4) is 5.69 Å². The summed E-state index contributed by atoms with van der Waals surface area (Å²) in [7, 11) is 0. The standard InChI is InChI=1S/C21H19FN4O3/c1-14-7-8-15(13-17(14)22)20(28)23-11-12-24-21(29)18-9-10-19(27)26(25-18)16-5-3-2-4-6-16/h2-10,13H,11-12H2,1H3,(H,23,28)(H,24,29). The number of aryl methyl sites for hydroxylation is 1. The molecule has 0 unspecified atom stereocenters. The third kappa shape index (κ3) is 4.92. The number of hydrogen-bond acceptors (Lipinski definition) is 4. The van der Waals surface area contributed by atoms with Crippen molar-refractivity contribution >= 4 is 11.8 Å². The Labute approximate surface area is 166 Å². The number of nitrogens with zero attached hydrogens (tertiary/aromatic N) is 2. The van der Waals surface area contributed by atoms with Gasteiger partial charge in [-0.1, -0.05) is 24.3 Å². The molecule has 148 valence electrons. The molecule has 2 amide bonds. The van der Waals surface area contributed by atoms with Gasteiger partial charge >= 0.3 is 0 Å². The first-order chi connectivity index (χ1) is 14.0. The Morgan fingerprint density at radius 2 is 1.66 bits per heavy atom. The molecule has 7 nitrogen and oxygen atoms in total. The van der Waals surface area contributed by atoms with Gasteiger partial charge in [-0.2, -0.15) is 9.78 Å². The van der Waals surface area contributed by atoms with Crippen molar-refractivity contribution in [2.75, 3.05) is 13.1 Å². The van der Waals surface area contributed by atoms with Crippen LogP contribution in [-0.4, -0.2) is 34.7 Å². The molecule has 1 aromatic heterocycles. The third-order valence-corrected chi connectivity index (χ3v) is 4.16. The van der Waals surface area contributed by atoms with E-state index >= 15 is 0 Å². The molecule has 3 rings (SSSR count). The van der Waals surface area contributed by atoms with Gasteiger partial charge in [0, 0.05) is 24.7 Å². The topological polar surface area (TPSA) is 93.1 Å². The zero-order valence-corrected chi connectivity index (χ0v) is 15.7. The molecule has 29 heavy (non-hydrogen) atoms. The van der Waals surface area contributed by atoms with Crippen LogP contribution in [0.3, 0.4) is 0 Å². The molecule has 0 aliphatic rings. The van der Waals surface area contributed by atoms with Crippen LogP contribution in [0.4, 0.5) is 4.39 Å². The molecule has 0 aliphatic heterocycles. The highest BCUT2D eigenvalue weighted by atomic mass is 19.1. The summed E-state index contributed by atoms with van der Waals surface area (Å²) in [5.41, 5.74) is 0.921. The molecule has 0 saturated heterocycles. The molecule has 0 aliphatic carbocycles. The molecule has 0 atom stereocenters. The Bertz CT molecular complexity index is 1100. The van der Waals surface area contributed by atoms with Crippen LogP contribution in [-0.2, 0) is 0 Å². The van der Waals surface area contributed by atoms with Gasteiger partial charge in [-0.15, -0.1) is 0 Å². The number of hydrogen-bond donors (Lipinski definition) is 2. The van der Waals surface area contributed by atoms with E-state index in [1.54, 1.807) is 31.2 Å². The van der Waals surface area contributed by atoms with Crippen molar-refractivity contribution in [2.45, 2.75) is 6.92 Å². The summed E-state index contributed by atoms with van der Waals surface area (Å²) >= 11 is 0. The number of rotatable bonds is 6. The SMILES string of the molecule is Cc1ccc(C(=O)NCCNC(=O)c2ccc(=O)n(-c3ccccc3)n2)cc1F. The highest BCUT2D eigenvalue weighted by molar-refractivity contribution is 5.94. The maximum absolute atomic E-state index is 13.5. The Hall–Kier alpha value is -3.81. The molecular weight excluding hydrogens is 375 g/mol. The minimum atomic E-state index is -0.481.